The minimum absolute atomic E-state index is 0.452. The Morgan fingerprint density at radius 3 is 3.00 bits per heavy atom. The summed E-state index contributed by atoms with van der Waals surface area (Å²) in [7, 11) is 2.14. The molecule has 1 aromatic rings. The lowest BCUT2D eigenvalue weighted by atomic mass is 10.1. The Balaban J connectivity index is 1.94. The van der Waals surface area contributed by atoms with Gasteiger partial charge in [-0.2, -0.15) is 0 Å². The van der Waals surface area contributed by atoms with Crippen molar-refractivity contribution in [3.63, 3.8) is 0 Å². The lowest BCUT2D eigenvalue weighted by Gasteiger charge is -2.11. The van der Waals surface area contributed by atoms with Crippen LogP contribution in [0.1, 0.15) is 29.4 Å². The van der Waals surface area contributed by atoms with Crippen molar-refractivity contribution in [2.45, 2.75) is 25.4 Å². The van der Waals surface area contributed by atoms with Crippen LogP contribution in [-0.4, -0.2) is 35.0 Å². The van der Waals surface area contributed by atoms with Gasteiger partial charge in [0.05, 0.1) is 5.69 Å². The van der Waals surface area contributed by atoms with Gasteiger partial charge in [-0.1, -0.05) is 11.6 Å². The smallest absolute Gasteiger partial charge is 0.137 e. The fraction of sp³-hybridized carbons (Fsp3) is 0.636. The minimum Gasteiger partial charge on any atom is -0.307 e. The van der Waals surface area contributed by atoms with E-state index >= 15 is 0 Å². The maximum atomic E-state index is 6.18. The summed E-state index contributed by atoms with van der Waals surface area (Å²) in [4.78, 5) is 11.4. The first-order chi connectivity index (χ1) is 7.74. The molecule has 0 radical (unpaired) electrons. The highest BCUT2D eigenvalue weighted by atomic mass is 35.5. The second-order valence-corrected chi connectivity index (χ2v) is 5.01. The molecule has 2 aliphatic heterocycles. The van der Waals surface area contributed by atoms with E-state index in [1.807, 2.05) is 0 Å². The molecule has 16 heavy (non-hydrogen) atoms. The molecule has 4 nitrogen and oxygen atoms in total. The highest BCUT2D eigenvalue weighted by Crippen LogP contribution is 2.28. The summed E-state index contributed by atoms with van der Waals surface area (Å²) in [6.45, 7) is 3.80. The van der Waals surface area contributed by atoms with Crippen molar-refractivity contribution >= 4 is 11.6 Å². The van der Waals surface area contributed by atoms with Crippen molar-refractivity contribution in [1.82, 2.24) is 20.2 Å². The highest BCUT2D eigenvalue weighted by Gasteiger charge is 2.26. The van der Waals surface area contributed by atoms with Crippen LogP contribution in [0.15, 0.2) is 0 Å². The number of likely N-dealkylation sites (N-methyl/N-ethyl adjacent to an activating group) is 1. The molecule has 3 heterocycles. The van der Waals surface area contributed by atoms with Gasteiger partial charge in [0.1, 0.15) is 11.0 Å². The van der Waals surface area contributed by atoms with Crippen LogP contribution in [-0.2, 0) is 13.1 Å². The van der Waals surface area contributed by atoms with Crippen LogP contribution in [0.25, 0.3) is 0 Å². The number of rotatable bonds is 1. The van der Waals surface area contributed by atoms with Gasteiger partial charge >= 0.3 is 0 Å². The van der Waals surface area contributed by atoms with E-state index < -0.39 is 0 Å². The summed E-state index contributed by atoms with van der Waals surface area (Å²) in [6.07, 6.45) is 1.14. The minimum atomic E-state index is 0.452. The average molecular weight is 239 g/mol. The number of nitrogens with zero attached hydrogens (tertiary/aromatic N) is 3. The van der Waals surface area contributed by atoms with Gasteiger partial charge in [-0.15, -0.1) is 0 Å². The first kappa shape index (κ1) is 10.4. The predicted molar refractivity (Wildman–Crippen MR) is 62.4 cm³/mol. The molecule has 2 aliphatic rings. The fourth-order valence-corrected chi connectivity index (χ4v) is 2.74. The molecule has 1 atom stereocenters. The lowest BCUT2D eigenvalue weighted by molar-refractivity contribution is 0.409. The van der Waals surface area contributed by atoms with Crippen LogP contribution in [0, 0.1) is 0 Å². The van der Waals surface area contributed by atoms with Crippen molar-refractivity contribution in [3.8, 4) is 0 Å². The number of nitrogens with one attached hydrogen (secondary N) is 1. The molecule has 0 aromatic carbocycles. The summed E-state index contributed by atoms with van der Waals surface area (Å²) in [5.41, 5.74) is 2.17. The summed E-state index contributed by atoms with van der Waals surface area (Å²) in [6, 6.07) is 0. The van der Waals surface area contributed by atoms with Gasteiger partial charge in [0.15, 0.2) is 0 Å². The summed E-state index contributed by atoms with van der Waals surface area (Å²) < 4.78 is 0. The van der Waals surface area contributed by atoms with Crippen LogP contribution in [0.4, 0.5) is 0 Å². The Bertz CT molecular complexity index is 421. The Morgan fingerprint density at radius 1 is 1.38 bits per heavy atom. The first-order valence-electron chi connectivity index (χ1n) is 5.68. The zero-order chi connectivity index (χ0) is 11.1. The molecular formula is C11H15ClN4. The quantitative estimate of drug-likeness (QED) is 0.746. The van der Waals surface area contributed by atoms with Crippen molar-refractivity contribution in [3.05, 3.63) is 22.2 Å². The first-order valence-corrected chi connectivity index (χ1v) is 6.06. The molecule has 0 spiro atoms. The Hall–Kier alpha value is -0.710. The summed E-state index contributed by atoms with van der Waals surface area (Å²) in [5, 5.41) is 3.90. The molecule has 5 heteroatoms. The van der Waals surface area contributed by atoms with E-state index in [4.69, 9.17) is 11.6 Å². The van der Waals surface area contributed by atoms with Crippen LogP contribution in [0.2, 0.25) is 5.15 Å². The van der Waals surface area contributed by atoms with E-state index in [0.717, 1.165) is 49.7 Å². The highest BCUT2D eigenvalue weighted by molar-refractivity contribution is 6.30. The number of halogens is 1. The zero-order valence-corrected chi connectivity index (χ0v) is 10.1. The van der Waals surface area contributed by atoms with Gasteiger partial charge in [-0.25, -0.2) is 9.97 Å². The van der Waals surface area contributed by atoms with Gasteiger partial charge in [-0.05, 0) is 20.0 Å². The maximum Gasteiger partial charge on any atom is 0.137 e. The molecule has 1 unspecified atom stereocenters. The molecule has 1 N–H and O–H groups in total. The van der Waals surface area contributed by atoms with Gasteiger partial charge in [-0.3, -0.25) is 0 Å². The third-order valence-corrected chi connectivity index (χ3v) is 3.72. The van der Waals surface area contributed by atoms with E-state index in [-0.39, 0.29) is 0 Å². The number of fused-ring (bicyclic) bond motifs is 1. The Labute approximate surface area is 100 Å². The number of hydrogen-bond donors (Lipinski definition) is 1. The van der Waals surface area contributed by atoms with E-state index in [1.54, 1.807) is 0 Å². The third-order valence-electron chi connectivity index (χ3n) is 3.41. The number of likely N-dealkylation sites (tertiary alicyclic amines) is 1. The largest absolute Gasteiger partial charge is 0.307 e. The Kier molecular flexibility index (Phi) is 2.58. The predicted octanol–water partition coefficient (Wildman–Crippen LogP) is 1.15. The second kappa shape index (κ2) is 3.95. The monoisotopic (exact) mass is 238 g/mol. The van der Waals surface area contributed by atoms with Crippen molar-refractivity contribution in [1.29, 1.82) is 0 Å². The van der Waals surface area contributed by atoms with Crippen LogP contribution < -0.4 is 5.32 Å². The zero-order valence-electron chi connectivity index (χ0n) is 9.33. The van der Waals surface area contributed by atoms with Gasteiger partial charge in [0.2, 0.25) is 0 Å². The summed E-state index contributed by atoms with van der Waals surface area (Å²) >= 11 is 6.18. The van der Waals surface area contributed by atoms with Crippen molar-refractivity contribution in [2.24, 2.45) is 0 Å². The molecule has 1 aromatic heterocycles. The fourth-order valence-electron chi connectivity index (χ4n) is 2.47. The SMILES string of the molecule is CN1CCC(c2nc(Cl)c3c(n2)CNC3)C1. The topological polar surface area (TPSA) is 41.1 Å². The van der Waals surface area contributed by atoms with E-state index in [9.17, 15) is 0 Å². The molecule has 1 fully saturated rings. The van der Waals surface area contributed by atoms with Crippen molar-refractivity contribution < 1.29 is 0 Å². The van der Waals surface area contributed by atoms with Crippen LogP contribution >= 0.6 is 11.6 Å². The van der Waals surface area contributed by atoms with E-state index in [0.29, 0.717) is 11.1 Å². The average Bonchev–Trinajstić information content (AvgIpc) is 2.85. The van der Waals surface area contributed by atoms with Gasteiger partial charge in [0.25, 0.3) is 0 Å². The maximum absolute atomic E-state index is 6.18. The van der Waals surface area contributed by atoms with E-state index in [1.165, 1.54) is 0 Å². The molecular weight excluding hydrogens is 224 g/mol. The van der Waals surface area contributed by atoms with Gasteiger partial charge in [0, 0.05) is 31.1 Å². The normalized spacial score (nSPS) is 25.0. The van der Waals surface area contributed by atoms with Crippen LogP contribution in [0.3, 0.4) is 0 Å². The lowest BCUT2D eigenvalue weighted by Crippen LogP contribution is -2.15. The van der Waals surface area contributed by atoms with Crippen LogP contribution in [0.5, 0.6) is 0 Å². The standard InChI is InChI=1S/C11H15ClN4/c1-16-3-2-7(6-16)11-14-9-5-13-4-8(9)10(12)15-11/h7,13H,2-6H2,1H3. The molecule has 1 saturated heterocycles. The van der Waals surface area contributed by atoms with Gasteiger partial charge < -0.3 is 10.2 Å². The molecule has 0 aliphatic carbocycles. The number of aromatic nitrogens is 2. The summed E-state index contributed by atoms with van der Waals surface area (Å²) in [5.74, 6) is 1.38. The van der Waals surface area contributed by atoms with E-state index in [2.05, 4.69) is 27.2 Å². The number of hydrogen-bond acceptors (Lipinski definition) is 4. The van der Waals surface area contributed by atoms with Crippen molar-refractivity contribution in [2.75, 3.05) is 20.1 Å². The molecule has 0 bridgehead atoms. The molecule has 0 saturated carbocycles. The third kappa shape index (κ3) is 1.71. The molecule has 0 amide bonds. The Morgan fingerprint density at radius 2 is 2.25 bits per heavy atom. The molecule has 86 valence electrons. The molecule has 3 rings (SSSR count). The second-order valence-electron chi connectivity index (χ2n) is 4.65.